The van der Waals surface area contributed by atoms with E-state index in [2.05, 4.69) is 4.72 Å². The number of fused-ring (bicyclic) bond motifs is 3. The maximum Gasteiger partial charge on any atom is 0.255 e. The molecule has 13 nitrogen and oxygen atoms in total. The monoisotopic (exact) mass is 564 g/mol. The molecule has 1 aromatic carbocycles. The van der Waals surface area contributed by atoms with Gasteiger partial charge in [0.1, 0.15) is 22.8 Å². The predicted molar refractivity (Wildman–Crippen MR) is 140 cm³/mol. The second-order valence-electron chi connectivity index (χ2n) is 10.7. The lowest BCUT2D eigenvalue weighted by molar-refractivity contribution is -0.153. The number of phenolic OH excluding ortho intramolecular Hbond substituents is 1. The summed E-state index contributed by atoms with van der Waals surface area (Å²) in [6.07, 6.45) is 1.04. The molecule has 212 valence electrons. The number of hydrogen-bond acceptors (Lipinski definition) is 11. The lowest BCUT2D eigenvalue weighted by atomic mass is 9.57. The molecule has 4 atom stereocenters. The Balaban J connectivity index is 1.97. The summed E-state index contributed by atoms with van der Waals surface area (Å²) >= 11 is 0. The van der Waals surface area contributed by atoms with Gasteiger partial charge in [0.2, 0.25) is 15.8 Å². The number of nitrogens with zero attached hydrogens (tertiary/aromatic N) is 2. The SMILES string of the molecule is CN(C)c1cc(CNS(C)(=O)=O)c(O)c2c1C[C@H]1C[C@@H]3[C@H](N(C)C)C(=O)C(C(N)=O)=C(O)[C@@]3(O)C(=O)C1=C2O. The van der Waals surface area contributed by atoms with Gasteiger partial charge in [-0.25, -0.2) is 13.1 Å². The lowest BCUT2D eigenvalue weighted by Crippen LogP contribution is -2.65. The molecule has 0 aliphatic heterocycles. The first-order valence-corrected chi connectivity index (χ1v) is 14.0. The molecule has 0 bridgehead atoms. The average molecular weight is 565 g/mol. The third-order valence-corrected chi connectivity index (χ3v) is 8.45. The fraction of sp³-hybridized carbons (Fsp3) is 0.480. The Hall–Kier alpha value is -3.46. The summed E-state index contributed by atoms with van der Waals surface area (Å²) in [6.45, 7) is -0.303. The molecule has 1 aromatic rings. The van der Waals surface area contributed by atoms with Crippen molar-refractivity contribution in [2.75, 3.05) is 39.3 Å². The van der Waals surface area contributed by atoms with E-state index < -0.39 is 73.8 Å². The number of phenols is 1. The van der Waals surface area contributed by atoms with Crippen molar-refractivity contribution < 1.29 is 43.2 Å². The van der Waals surface area contributed by atoms with Crippen molar-refractivity contribution in [2.24, 2.45) is 17.6 Å². The van der Waals surface area contributed by atoms with Crippen LogP contribution in [0.2, 0.25) is 0 Å². The van der Waals surface area contributed by atoms with E-state index in [1.54, 1.807) is 25.1 Å². The first kappa shape index (κ1) is 28.5. The first-order valence-electron chi connectivity index (χ1n) is 12.1. The quantitative estimate of drug-likeness (QED) is 0.233. The molecular weight excluding hydrogens is 532 g/mol. The smallest absolute Gasteiger partial charge is 0.255 e. The predicted octanol–water partition coefficient (Wildman–Crippen LogP) is -0.921. The number of nitrogens with one attached hydrogen (secondary N) is 1. The number of aliphatic hydroxyl groups excluding tert-OH is 2. The zero-order chi connectivity index (χ0) is 29.4. The van der Waals surface area contributed by atoms with Gasteiger partial charge in [-0.2, -0.15) is 0 Å². The molecule has 3 aliphatic carbocycles. The van der Waals surface area contributed by atoms with Crippen LogP contribution in [0.5, 0.6) is 5.75 Å². The van der Waals surface area contributed by atoms with Crippen molar-refractivity contribution in [1.29, 1.82) is 0 Å². The van der Waals surface area contributed by atoms with Gasteiger partial charge in [0, 0.05) is 43.4 Å². The van der Waals surface area contributed by atoms with E-state index in [4.69, 9.17) is 5.73 Å². The average Bonchev–Trinajstić information content (AvgIpc) is 2.79. The number of rotatable bonds is 6. The summed E-state index contributed by atoms with van der Waals surface area (Å²) in [5.74, 6) is -7.41. The highest BCUT2D eigenvalue weighted by Gasteiger charge is 2.64. The fourth-order valence-corrected chi connectivity index (χ4v) is 6.51. The molecule has 0 aromatic heterocycles. The highest BCUT2D eigenvalue weighted by atomic mass is 32.2. The number of anilines is 1. The third-order valence-electron chi connectivity index (χ3n) is 7.78. The summed E-state index contributed by atoms with van der Waals surface area (Å²) in [6, 6.07) is 0.403. The number of likely N-dealkylation sites (N-methyl/N-ethyl adjacent to an activating group) is 1. The molecular formula is C25H32N4O9S. The number of ketones is 2. The van der Waals surface area contributed by atoms with E-state index in [1.807, 2.05) is 0 Å². The molecule has 1 saturated carbocycles. The van der Waals surface area contributed by atoms with E-state index in [0.717, 1.165) is 6.26 Å². The van der Waals surface area contributed by atoms with Crippen LogP contribution in [0.15, 0.2) is 23.0 Å². The number of primary amides is 1. The number of aromatic hydroxyl groups is 1. The number of Topliss-reactive ketones (excluding diaryl/α,β-unsaturated/α-hetero) is 2. The second-order valence-corrected chi connectivity index (χ2v) is 12.5. The summed E-state index contributed by atoms with van der Waals surface area (Å²) in [7, 11) is 2.87. The van der Waals surface area contributed by atoms with Gasteiger partial charge in [-0.15, -0.1) is 0 Å². The van der Waals surface area contributed by atoms with E-state index in [-0.39, 0.29) is 36.1 Å². The van der Waals surface area contributed by atoms with Gasteiger partial charge in [0.25, 0.3) is 5.91 Å². The molecule has 0 unspecified atom stereocenters. The van der Waals surface area contributed by atoms with Gasteiger partial charge in [0.05, 0.1) is 17.9 Å². The van der Waals surface area contributed by atoms with Gasteiger partial charge in [-0.05, 0) is 44.5 Å². The van der Waals surface area contributed by atoms with Crippen LogP contribution in [0.25, 0.3) is 5.76 Å². The van der Waals surface area contributed by atoms with Crippen LogP contribution >= 0.6 is 0 Å². The largest absolute Gasteiger partial charge is 0.508 e. The topological polar surface area (TPSA) is 211 Å². The van der Waals surface area contributed by atoms with Gasteiger partial charge in [-0.1, -0.05) is 0 Å². The Morgan fingerprint density at radius 1 is 1.18 bits per heavy atom. The number of benzene rings is 1. The Morgan fingerprint density at radius 3 is 2.31 bits per heavy atom. The lowest BCUT2D eigenvalue weighted by Gasteiger charge is -2.50. The second kappa shape index (κ2) is 9.33. The molecule has 14 heteroatoms. The van der Waals surface area contributed by atoms with Gasteiger partial charge >= 0.3 is 0 Å². The number of carbonyl (C=O) groups excluding carboxylic acids is 3. The molecule has 1 amide bonds. The highest BCUT2D eigenvalue weighted by Crippen LogP contribution is 2.54. The molecule has 7 N–H and O–H groups in total. The van der Waals surface area contributed by atoms with Crippen LogP contribution in [-0.4, -0.2) is 97.3 Å². The zero-order valence-electron chi connectivity index (χ0n) is 22.1. The van der Waals surface area contributed by atoms with Crippen LogP contribution in [-0.2, 0) is 37.4 Å². The first-order chi connectivity index (χ1) is 17.9. The van der Waals surface area contributed by atoms with E-state index in [1.165, 1.54) is 19.0 Å². The third kappa shape index (κ3) is 4.27. The molecule has 4 rings (SSSR count). The van der Waals surface area contributed by atoms with E-state index >= 15 is 0 Å². The Morgan fingerprint density at radius 2 is 1.79 bits per heavy atom. The van der Waals surface area contributed by atoms with Crippen molar-refractivity contribution in [3.05, 3.63) is 39.7 Å². The van der Waals surface area contributed by atoms with Crippen LogP contribution in [0.3, 0.4) is 0 Å². The van der Waals surface area contributed by atoms with Crippen LogP contribution in [0.1, 0.15) is 23.1 Å². The van der Waals surface area contributed by atoms with Crippen LogP contribution in [0.4, 0.5) is 5.69 Å². The summed E-state index contributed by atoms with van der Waals surface area (Å²) in [5, 5.41) is 45.1. The molecule has 1 fully saturated rings. The molecule has 0 spiro atoms. The highest BCUT2D eigenvalue weighted by molar-refractivity contribution is 7.88. The molecule has 39 heavy (non-hydrogen) atoms. The minimum Gasteiger partial charge on any atom is -0.508 e. The number of hydrogen-bond donors (Lipinski definition) is 6. The van der Waals surface area contributed by atoms with Crippen molar-refractivity contribution in [3.8, 4) is 5.75 Å². The number of amides is 1. The summed E-state index contributed by atoms with van der Waals surface area (Å²) in [5.41, 5.74) is 2.48. The Kier molecular flexibility index (Phi) is 6.83. The Bertz CT molecular complexity index is 1480. The molecule has 0 saturated heterocycles. The number of sulfonamides is 1. The van der Waals surface area contributed by atoms with Gasteiger partial charge < -0.3 is 31.1 Å². The maximum atomic E-state index is 13.9. The normalized spacial score (nSPS) is 26.9. The zero-order valence-corrected chi connectivity index (χ0v) is 23.0. The number of carbonyl (C=O) groups is 3. The van der Waals surface area contributed by atoms with Crippen molar-refractivity contribution in [2.45, 2.75) is 31.0 Å². The minimum atomic E-state index is -3.63. The molecule has 3 aliphatic rings. The summed E-state index contributed by atoms with van der Waals surface area (Å²) < 4.78 is 25.6. The van der Waals surface area contributed by atoms with E-state index in [9.17, 15) is 43.2 Å². The van der Waals surface area contributed by atoms with Crippen molar-refractivity contribution in [1.82, 2.24) is 9.62 Å². The molecule has 0 radical (unpaired) electrons. The fourth-order valence-electron chi connectivity index (χ4n) is 6.09. The van der Waals surface area contributed by atoms with Crippen LogP contribution < -0.4 is 15.4 Å². The van der Waals surface area contributed by atoms with Crippen molar-refractivity contribution >= 4 is 38.9 Å². The number of aliphatic hydroxyl groups is 3. The number of nitrogens with two attached hydrogens (primary N) is 1. The van der Waals surface area contributed by atoms with Gasteiger partial charge in [0.15, 0.2) is 11.4 Å². The summed E-state index contributed by atoms with van der Waals surface area (Å²) in [4.78, 5) is 42.3. The standard InChI is InChI=1S/C25H32N4O9S/c1-28(2)14-8-11(9-27-39(5,37)38)19(30)16-12(14)6-10-7-13-18(29(3)4)21(32)17(24(26)35)23(34)25(13,36)22(33)15(10)20(16)31/h8,10,13,18,27,30-31,34,36H,6-7,9H2,1-5H3,(H2,26,35)/t10-,13+,18-,25-/m0/s1. The Labute approximate surface area is 225 Å². The van der Waals surface area contributed by atoms with Crippen LogP contribution in [0, 0.1) is 11.8 Å². The molecule has 0 heterocycles. The van der Waals surface area contributed by atoms with E-state index in [0.29, 0.717) is 11.3 Å². The minimum absolute atomic E-state index is 0.0310. The van der Waals surface area contributed by atoms with Gasteiger partial charge in [-0.3, -0.25) is 19.3 Å². The van der Waals surface area contributed by atoms with Crippen molar-refractivity contribution in [3.63, 3.8) is 0 Å². The maximum absolute atomic E-state index is 13.9.